The number of nitrogens with zero attached hydrogens (tertiary/aromatic N) is 1. The van der Waals surface area contributed by atoms with Gasteiger partial charge in [-0.25, -0.2) is 8.42 Å². The molecule has 0 aliphatic carbocycles. The molecule has 0 amide bonds. The summed E-state index contributed by atoms with van der Waals surface area (Å²) in [6, 6.07) is 11.5. The molecule has 2 heterocycles. The molecule has 1 aliphatic rings. The van der Waals surface area contributed by atoms with Crippen molar-refractivity contribution in [2.24, 2.45) is 0 Å². The third kappa shape index (κ3) is 2.91. The van der Waals surface area contributed by atoms with Crippen molar-refractivity contribution in [2.45, 2.75) is 23.5 Å². The van der Waals surface area contributed by atoms with Gasteiger partial charge in [0.15, 0.2) is 0 Å². The maximum atomic E-state index is 12.6. The van der Waals surface area contributed by atoms with E-state index >= 15 is 0 Å². The first-order valence-corrected chi connectivity index (χ1v) is 9.47. The van der Waals surface area contributed by atoms with Crippen LogP contribution in [0.5, 0.6) is 5.75 Å². The minimum absolute atomic E-state index is 0.252. The lowest BCUT2D eigenvalue weighted by atomic mass is 9.99. The van der Waals surface area contributed by atoms with E-state index in [-0.39, 0.29) is 5.92 Å². The number of hydrogen-bond acceptors (Lipinski definition) is 4. The number of ether oxygens (including phenoxy) is 1. The van der Waals surface area contributed by atoms with Gasteiger partial charge in [-0.15, -0.1) is 11.3 Å². The minimum atomic E-state index is -3.34. The van der Waals surface area contributed by atoms with E-state index in [2.05, 4.69) is 0 Å². The second-order valence-corrected chi connectivity index (χ2v) is 8.94. The van der Waals surface area contributed by atoms with Gasteiger partial charge in [0.1, 0.15) is 9.96 Å². The molecule has 3 rings (SSSR count). The second-order valence-electron chi connectivity index (χ2n) is 5.49. The number of benzene rings is 1. The number of aryl methyl sites for hydroxylation is 1. The Kier molecular flexibility index (Phi) is 4.25. The average Bonchev–Trinajstić information content (AvgIpc) is 3.17. The highest BCUT2D eigenvalue weighted by molar-refractivity contribution is 7.91. The van der Waals surface area contributed by atoms with Crippen LogP contribution in [0.15, 0.2) is 40.6 Å². The monoisotopic (exact) mass is 337 g/mol. The topological polar surface area (TPSA) is 46.6 Å². The predicted molar refractivity (Wildman–Crippen MR) is 88.2 cm³/mol. The third-order valence-electron chi connectivity index (χ3n) is 4.05. The van der Waals surface area contributed by atoms with Crippen LogP contribution in [-0.2, 0) is 10.0 Å². The van der Waals surface area contributed by atoms with Crippen LogP contribution in [0.1, 0.15) is 22.8 Å². The smallest absolute Gasteiger partial charge is 0.252 e. The fraction of sp³-hybridized carbons (Fsp3) is 0.375. The first-order chi connectivity index (χ1) is 10.5. The van der Waals surface area contributed by atoms with Crippen LogP contribution < -0.4 is 4.74 Å². The number of rotatable bonds is 4. The summed E-state index contributed by atoms with van der Waals surface area (Å²) in [5.41, 5.74) is 1.17. The van der Waals surface area contributed by atoms with Crippen LogP contribution in [0.25, 0.3) is 0 Å². The van der Waals surface area contributed by atoms with Crippen molar-refractivity contribution in [3.05, 3.63) is 46.8 Å². The Morgan fingerprint density at radius 3 is 2.50 bits per heavy atom. The fourth-order valence-electron chi connectivity index (χ4n) is 2.77. The van der Waals surface area contributed by atoms with Crippen LogP contribution in [0.3, 0.4) is 0 Å². The number of sulfonamides is 1. The van der Waals surface area contributed by atoms with Crippen LogP contribution >= 0.6 is 11.3 Å². The van der Waals surface area contributed by atoms with Crippen LogP contribution in [0, 0.1) is 6.92 Å². The average molecular weight is 337 g/mol. The van der Waals surface area contributed by atoms with Gasteiger partial charge in [0.2, 0.25) is 0 Å². The van der Waals surface area contributed by atoms with Gasteiger partial charge in [-0.3, -0.25) is 0 Å². The van der Waals surface area contributed by atoms with Gasteiger partial charge in [0.25, 0.3) is 10.0 Å². The lowest BCUT2D eigenvalue weighted by Gasteiger charge is -2.15. The van der Waals surface area contributed by atoms with E-state index in [1.165, 1.54) is 16.9 Å². The Morgan fingerprint density at radius 1 is 1.18 bits per heavy atom. The summed E-state index contributed by atoms with van der Waals surface area (Å²) in [5.74, 6) is 1.07. The Balaban J connectivity index is 1.76. The Hall–Kier alpha value is -1.37. The zero-order valence-electron chi connectivity index (χ0n) is 12.7. The van der Waals surface area contributed by atoms with E-state index in [1.54, 1.807) is 17.5 Å². The second kappa shape index (κ2) is 6.02. The molecule has 1 atom stereocenters. The molecule has 118 valence electrons. The van der Waals surface area contributed by atoms with Gasteiger partial charge in [-0.1, -0.05) is 12.1 Å². The van der Waals surface area contributed by atoms with Crippen LogP contribution in [0.2, 0.25) is 0 Å². The highest BCUT2D eigenvalue weighted by Crippen LogP contribution is 2.33. The summed E-state index contributed by atoms with van der Waals surface area (Å²) < 4.78 is 32.5. The molecule has 0 unspecified atom stereocenters. The lowest BCUT2D eigenvalue weighted by molar-refractivity contribution is 0.414. The van der Waals surface area contributed by atoms with Gasteiger partial charge >= 0.3 is 0 Å². The van der Waals surface area contributed by atoms with Crippen molar-refractivity contribution in [3.63, 3.8) is 0 Å². The first kappa shape index (κ1) is 15.5. The van der Waals surface area contributed by atoms with Gasteiger partial charge < -0.3 is 4.74 Å². The zero-order valence-corrected chi connectivity index (χ0v) is 14.3. The summed E-state index contributed by atoms with van der Waals surface area (Å²) >= 11 is 1.34. The molecule has 1 saturated heterocycles. The largest absolute Gasteiger partial charge is 0.497 e. The Labute approximate surface area is 135 Å². The van der Waals surface area contributed by atoms with E-state index in [9.17, 15) is 8.42 Å². The van der Waals surface area contributed by atoms with E-state index in [4.69, 9.17) is 4.74 Å². The van der Waals surface area contributed by atoms with Crippen molar-refractivity contribution in [2.75, 3.05) is 20.2 Å². The van der Waals surface area contributed by atoms with Crippen molar-refractivity contribution >= 4 is 21.4 Å². The quantitative estimate of drug-likeness (QED) is 0.860. The first-order valence-electron chi connectivity index (χ1n) is 7.21. The maximum absolute atomic E-state index is 12.6. The van der Waals surface area contributed by atoms with Gasteiger partial charge in [-0.05, 0) is 49.1 Å². The standard InChI is InChI=1S/C16H19NO3S2/c1-12-3-8-16(21-12)22(18,19)17-10-9-14(11-17)13-4-6-15(20-2)7-5-13/h3-8,14H,9-11H2,1-2H3/t14-/m1/s1. The highest BCUT2D eigenvalue weighted by Gasteiger charge is 2.33. The Bertz CT molecular complexity index is 750. The summed E-state index contributed by atoms with van der Waals surface area (Å²) in [6.45, 7) is 3.05. The van der Waals surface area contributed by atoms with Crippen LogP contribution in [0.4, 0.5) is 0 Å². The molecule has 22 heavy (non-hydrogen) atoms. The van der Waals surface area contributed by atoms with Crippen molar-refractivity contribution in [1.82, 2.24) is 4.31 Å². The molecule has 1 aliphatic heterocycles. The summed E-state index contributed by atoms with van der Waals surface area (Å²) in [7, 11) is -1.70. The van der Waals surface area contributed by atoms with E-state index in [1.807, 2.05) is 37.3 Å². The van der Waals surface area contributed by atoms with Crippen molar-refractivity contribution < 1.29 is 13.2 Å². The summed E-state index contributed by atoms with van der Waals surface area (Å²) in [6.07, 6.45) is 0.857. The normalized spacial score (nSPS) is 19.5. The molecule has 1 aromatic heterocycles. The predicted octanol–water partition coefficient (Wildman–Crippen LogP) is 3.24. The van der Waals surface area contributed by atoms with Crippen molar-refractivity contribution in [1.29, 1.82) is 0 Å². The molecule has 1 aromatic carbocycles. The van der Waals surface area contributed by atoms with Gasteiger partial charge in [0.05, 0.1) is 7.11 Å². The molecule has 4 nitrogen and oxygen atoms in total. The fourth-order valence-corrected chi connectivity index (χ4v) is 5.71. The number of thiophene rings is 1. The molecule has 0 N–H and O–H groups in total. The number of hydrogen-bond donors (Lipinski definition) is 0. The van der Waals surface area contributed by atoms with Crippen molar-refractivity contribution in [3.8, 4) is 5.75 Å². The van der Waals surface area contributed by atoms with Gasteiger partial charge in [0, 0.05) is 18.0 Å². The number of methoxy groups -OCH3 is 1. The lowest BCUT2D eigenvalue weighted by Crippen LogP contribution is -2.28. The molecule has 1 fully saturated rings. The molecule has 0 bridgehead atoms. The Morgan fingerprint density at radius 2 is 1.91 bits per heavy atom. The molecule has 0 saturated carbocycles. The van der Waals surface area contributed by atoms with Crippen LogP contribution in [-0.4, -0.2) is 32.9 Å². The molecule has 0 radical (unpaired) electrons. The molecular formula is C16H19NO3S2. The third-order valence-corrected chi connectivity index (χ3v) is 7.38. The SMILES string of the molecule is COc1ccc([C@@H]2CCN(S(=O)(=O)c3ccc(C)s3)C2)cc1. The molecule has 6 heteroatoms. The molecule has 2 aromatic rings. The van der Waals surface area contributed by atoms with Gasteiger partial charge in [-0.2, -0.15) is 4.31 Å². The molecule has 0 spiro atoms. The van der Waals surface area contributed by atoms with E-state index < -0.39 is 10.0 Å². The molecular weight excluding hydrogens is 318 g/mol. The minimum Gasteiger partial charge on any atom is -0.497 e. The highest BCUT2D eigenvalue weighted by atomic mass is 32.2. The van der Waals surface area contributed by atoms with E-state index in [0.29, 0.717) is 17.3 Å². The summed E-state index contributed by atoms with van der Waals surface area (Å²) in [4.78, 5) is 1.02. The summed E-state index contributed by atoms with van der Waals surface area (Å²) in [5, 5.41) is 0. The zero-order chi connectivity index (χ0) is 15.7. The van der Waals surface area contributed by atoms with E-state index in [0.717, 1.165) is 17.0 Å². The maximum Gasteiger partial charge on any atom is 0.252 e.